The first-order valence-corrected chi connectivity index (χ1v) is 9.91. The number of likely N-dealkylation sites (N-methyl/N-ethyl adjacent to an activating group) is 1. The maximum atomic E-state index is 12.9. The zero-order chi connectivity index (χ0) is 18.4. The van der Waals surface area contributed by atoms with Crippen molar-refractivity contribution in [2.45, 2.75) is 25.3 Å². The van der Waals surface area contributed by atoms with Gasteiger partial charge in [0.1, 0.15) is 0 Å². The van der Waals surface area contributed by atoms with Crippen molar-refractivity contribution in [3.63, 3.8) is 0 Å². The maximum absolute atomic E-state index is 12.9. The number of carbonyl (C=O) groups is 1. The molecule has 2 N–H and O–H groups in total. The van der Waals surface area contributed by atoms with E-state index >= 15 is 0 Å². The van der Waals surface area contributed by atoms with Gasteiger partial charge in [-0.05, 0) is 104 Å². The molecule has 2 aromatic carbocycles. The quantitative estimate of drug-likeness (QED) is 0.370. The van der Waals surface area contributed by atoms with Gasteiger partial charge in [0.25, 0.3) is 0 Å². The van der Waals surface area contributed by atoms with Gasteiger partial charge in [-0.3, -0.25) is 9.47 Å². The van der Waals surface area contributed by atoms with Crippen molar-refractivity contribution in [2.75, 3.05) is 19.9 Å². The Hall–Kier alpha value is -1.86. The molecule has 1 heterocycles. The molecular formula is C21H22IN3O. The van der Waals surface area contributed by atoms with Crippen molar-refractivity contribution < 1.29 is 4.79 Å². The van der Waals surface area contributed by atoms with Crippen LogP contribution in [0, 0.1) is 3.57 Å². The molecule has 1 aliphatic carbocycles. The Morgan fingerprint density at radius 1 is 1.15 bits per heavy atom. The number of hydrogen-bond donors (Lipinski definition) is 1. The first-order valence-electron chi connectivity index (χ1n) is 8.83. The van der Waals surface area contributed by atoms with Gasteiger partial charge in [-0.25, -0.2) is 0 Å². The van der Waals surface area contributed by atoms with Gasteiger partial charge in [-0.1, -0.05) is 0 Å². The summed E-state index contributed by atoms with van der Waals surface area (Å²) in [6, 6.07) is 14.1. The number of carbonyl (C=O) groups excluding carboxylic acids is 1. The predicted molar refractivity (Wildman–Crippen MR) is 114 cm³/mol. The van der Waals surface area contributed by atoms with Gasteiger partial charge < -0.3 is 10.7 Å². The van der Waals surface area contributed by atoms with E-state index in [4.69, 9.17) is 5.84 Å². The van der Waals surface area contributed by atoms with Gasteiger partial charge in [-0.2, -0.15) is 0 Å². The van der Waals surface area contributed by atoms with Crippen molar-refractivity contribution in [1.29, 1.82) is 0 Å². The summed E-state index contributed by atoms with van der Waals surface area (Å²) >= 11 is 2.25. The zero-order valence-electron chi connectivity index (χ0n) is 15.0. The molecule has 0 saturated carbocycles. The van der Waals surface area contributed by atoms with Crippen LogP contribution in [-0.2, 0) is 12.8 Å². The predicted octanol–water partition coefficient (Wildman–Crippen LogP) is 3.61. The van der Waals surface area contributed by atoms with Crippen LogP contribution < -0.4 is 5.84 Å². The SMILES string of the molecule is CN(C)C1CCc2c(c3cc(C(=O)c4ccc(I)cc4)ccc3n2N)C1. The molecule has 0 amide bonds. The molecule has 0 fully saturated rings. The fraction of sp³-hybridized carbons (Fsp3) is 0.286. The highest BCUT2D eigenvalue weighted by molar-refractivity contribution is 14.1. The van der Waals surface area contributed by atoms with Crippen LogP contribution in [0.5, 0.6) is 0 Å². The minimum atomic E-state index is 0.0572. The Morgan fingerprint density at radius 3 is 2.54 bits per heavy atom. The van der Waals surface area contributed by atoms with Gasteiger partial charge >= 0.3 is 0 Å². The number of halogens is 1. The van der Waals surface area contributed by atoms with Gasteiger partial charge in [0, 0.05) is 31.8 Å². The molecule has 1 unspecified atom stereocenters. The second-order valence-electron chi connectivity index (χ2n) is 7.22. The first-order chi connectivity index (χ1) is 12.5. The maximum Gasteiger partial charge on any atom is 0.193 e. The molecule has 134 valence electrons. The standard InChI is InChI=1S/C21H22IN3O/c1-24(2)16-8-10-20-18(12-16)17-11-14(5-9-19(17)25(20)23)21(26)13-3-6-15(22)7-4-13/h3-7,9,11,16H,8,10,12,23H2,1-2H3. The van der Waals surface area contributed by atoms with Gasteiger partial charge in [0.2, 0.25) is 0 Å². The Balaban J connectivity index is 1.79. The molecule has 1 aromatic heterocycles. The van der Waals surface area contributed by atoms with Gasteiger partial charge in [0.15, 0.2) is 5.78 Å². The third-order valence-electron chi connectivity index (χ3n) is 5.47. The van der Waals surface area contributed by atoms with Crippen molar-refractivity contribution in [2.24, 2.45) is 0 Å². The highest BCUT2D eigenvalue weighted by Gasteiger charge is 2.26. The normalized spacial score (nSPS) is 16.8. The molecular weight excluding hydrogens is 437 g/mol. The molecule has 0 bridgehead atoms. The van der Waals surface area contributed by atoms with Crippen LogP contribution in [0.25, 0.3) is 10.9 Å². The number of aromatic nitrogens is 1. The molecule has 5 heteroatoms. The second kappa shape index (κ2) is 6.70. The lowest BCUT2D eigenvalue weighted by Crippen LogP contribution is -2.34. The largest absolute Gasteiger partial charge is 0.339 e. The van der Waals surface area contributed by atoms with E-state index in [1.165, 1.54) is 11.3 Å². The number of nitrogens with zero attached hydrogens (tertiary/aromatic N) is 2. The summed E-state index contributed by atoms with van der Waals surface area (Å²) in [6.07, 6.45) is 3.07. The summed E-state index contributed by atoms with van der Waals surface area (Å²) in [5.74, 6) is 6.41. The van der Waals surface area contributed by atoms with Crippen LogP contribution in [-0.4, -0.2) is 35.5 Å². The van der Waals surface area contributed by atoms with Crippen LogP contribution >= 0.6 is 22.6 Å². The fourth-order valence-corrected chi connectivity index (χ4v) is 4.28. The molecule has 0 spiro atoms. The van der Waals surface area contributed by atoms with Crippen molar-refractivity contribution >= 4 is 39.3 Å². The fourth-order valence-electron chi connectivity index (χ4n) is 3.92. The number of nitrogens with two attached hydrogens (primary N) is 1. The first kappa shape index (κ1) is 17.5. The monoisotopic (exact) mass is 459 g/mol. The summed E-state index contributed by atoms with van der Waals surface area (Å²) in [6.45, 7) is 0. The minimum Gasteiger partial charge on any atom is -0.339 e. The lowest BCUT2D eigenvalue weighted by molar-refractivity contribution is 0.103. The summed E-state index contributed by atoms with van der Waals surface area (Å²) < 4.78 is 2.94. The number of fused-ring (bicyclic) bond motifs is 3. The number of rotatable bonds is 3. The van der Waals surface area contributed by atoms with Crippen molar-refractivity contribution in [3.8, 4) is 0 Å². The van der Waals surface area contributed by atoms with E-state index in [0.717, 1.165) is 44.9 Å². The third kappa shape index (κ3) is 2.93. The highest BCUT2D eigenvalue weighted by Crippen LogP contribution is 2.33. The van der Waals surface area contributed by atoms with E-state index in [2.05, 4.69) is 41.6 Å². The van der Waals surface area contributed by atoms with Crippen LogP contribution in [0.4, 0.5) is 0 Å². The van der Waals surface area contributed by atoms with Crippen molar-refractivity contribution in [1.82, 2.24) is 9.58 Å². The van der Waals surface area contributed by atoms with E-state index < -0.39 is 0 Å². The lowest BCUT2D eigenvalue weighted by Gasteiger charge is -2.28. The molecule has 3 aromatic rings. The van der Waals surface area contributed by atoms with Gasteiger partial charge in [-0.15, -0.1) is 0 Å². The lowest BCUT2D eigenvalue weighted by atomic mass is 9.90. The zero-order valence-corrected chi connectivity index (χ0v) is 17.2. The van der Waals surface area contributed by atoms with E-state index in [-0.39, 0.29) is 5.78 Å². The van der Waals surface area contributed by atoms with Crippen LogP contribution in [0.3, 0.4) is 0 Å². The second-order valence-corrected chi connectivity index (χ2v) is 8.47. The molecule has 4 nitrogen and oxygen atoms in total. The molecule has 0 saturated heterocycles. The topological polar surface area (TPSA) is 51.3 Å². The van der Waals surface area contributed by atoms with Crippen molar-refractivity contribution in [3.05, 3.63) is 68.4 Å². The number of ketones is 1. The summed E-state index contributed by atoms with van der Waals surface area (Å²) in [5, 5.41) is 1.12. The third-order valence-corrected chi connectivity index (χ3v) is 6.19. The van der Waals surface area contributed by atoms with E-state index in [0.29, 0.717) is 6.04 Å². The Bertz CT molecular complexity index is 989. The summed E-state index contributed by atoms with van der Waals surface area (Å²) in [5.41, 5.74) is 4.95. The number of nitrogen functional groups attached to an aromatic ring is 1. The summed E-state index contributed by atoms with van der Waals surface area (Å²) in [7, 11) is 4.26. The smallest absolute Gasteiger partial charge is 0.193 e. The Morgan fingerprint density at radius 2 is 1.85 bits per heavy atom. The summed E-state index contributed by atoms with van der Waals surface area (Å²) in [4.78, 5) is 15.2. The van der Waals surface area contributed by atoms with Gasteiger partial charge in [0.05, 0.1) is 5.52 Å². The average Bonchev–Trinajstić information content (AvgIpc) is 2.93. The molecule has 0 radical (unpaired) electrons. The van der Waals surface area contributed by atoms with Crippen LogP contribution in [0.15, 0.2) is 42.5 Å². The molecule has 1 aliphatic rings. The molecule has 0 aliphatic heterocycles. The Labute approximate surface area is 167 Å². The van der Waals surface area contributed by atoms with E-state index in [1.54, 1.807) is 0 Å². The molecule has 4 rings (SSSR count). The Kier molecular flexibility index (Phi) is 4.52. The van der Waals surface area contributed by atoms with E-state index in [1.807, 2.05) is 47.1 Å². The molecule has 1 atom stereocenters. The highest BCUT2D eigenvalue weighted by atomic mass is 127. The average molecular weight is 459 g/mol. The van der Waals surface area contributed by atoms with Crippen LogP contribution in [0.1, 0.15) is 33.6 Å². The minimum absolute atomic E-state index is 0.0572. The van der Waals surface area contributed by atoms with E-state index in [9.17, 15) is 4.79 Å². The van der Waals surface area contributed by atoms with Crippen LogP contribution in [0.2, 0.25) is 0 Å². The molecule has 26 heavy (non-hydrogen) atoms. The number of benzene rings is 2. The number of hydrogen-bond acceptors (Lipinski definition) is 3.